The van der Waals surface area contributed by atoms with Crippen LogP contribution in [0.2, 0.25) is 0 Å². The van der Waals surface area contributed by atoms with Crippen molar-refractivity contribution in [1.29, 1.82) is 0 Å². The number of methoxy groups -OCH3 is 3. The fraction of sp³-hybridized carbons (Fsp3) is 0.647. The van der Waals surface area contributed by atoms with Gasteiger partial charge < -0.3 is 19.5 Å². The summed E-state index contributed by atoms with van der Waals surface area (Å²) in [5, 5.41) is 3.46. The minimum absolute atomic E-state index is 0.507. The predicted octanol–water partition coefficient (Wildman–Crippen LogP) is 2.37. The van der Waals surface area contributed by atoms with Gasteiger partial charge in [-0.3, -0.25) is 0 Å². The molecule has 0 spiro atoms. The summed E-state index contributed by atoms with van der Waals surface area (Å²) in [6.45, 7) is 5.63. The van der Waals surface area contributed by atoms with E-state index in [1.54, 1.807) is 21.3 Å². The van der Waals surface area contributed by atoms with Crippen molar-refractivity contribution >= 4 is 0 Å². The third-order valence-corrected chi connectivity index (χ3v) is 3.78. The molecule has 21 heavy (non-hydrogen) atoms. The molecule has 0 heterocycles. The summed E-state index contributed by atoms with van der Waals surface area (Å²) < 4.78 is 15.6. The van der Waals surface area contributed by atoms with Crippen molar-refractivity contribution in [2.45, 2.75) is 13.3 Å². The second-order valence-electron chi connectivity index (χ2n) is 5.44. The molecule has 1 aromatic carbocycles. The van der Waals surface area contributed by atoms with E-state index in [1.807, 2.05) is 12.1 Å². The van der Waals surface area contributed by atoms with Crippen molar-refractivity contribution in [3.8, 4) is 5.75 Å². The second kappa shape index (κ2) is 10.6. The molecule has 1 N–H and O–H groups in total. The molecule has 0 aliphatic rings. The maximum absolute atomic E-state index is 5.31. The Kier molecular flexibility index (Phi) is 9.06. The van der Waals surface area contributed by atoms with Crippen LogP contribution < -0.4 is 10.1 Å². The van der Waals surface area contributed by atoms with E-state index in [2.05, 4.69) is 24.4 Å². The predicted molar refractivity (Wildman–Crippen MR) is 86.0 cm³/mol. The van der Waals surface area contributed by atoms with Crippen LogP contribution in [-0.2, 0) is 15.9 Å². The molecule has 0 bridgehead atoms. The van der Waals surface area contributed by atoms with Crippen LogP contribution in [0, 0.1) is 11.8 Å². The highest BCUT2D eigenvalue weighted by molar-refractivity contribution is 5.27. The van der Waals surface area contributed by atoms with Crippen LogP contribution in [-0.4, -0.2) is 47.6 Å². The van der Waals surface area contributed by atoms with Crippen LogP contribution in [0.15, 0.2) is 24.3 Å². The highest BCUT2D eigenvalue weighted by Crippen LogP contribution is 2.19. The lowest BCUT2D eigenvalue weighted by atomic mass is 9.88. The fourth-order valence-corrected chi connectivity index (χ4v) is 2.40. The minimum atomic E-state index is 0.507. The van der Waals surface area contributed by atoms with Gasteiger partial charge in [0.05, 0.1) is 13.7 Å². The number of rotatable bonds is 11. The third-order valence-electron chi connectivity index (χ3n) is 3.78. The molecule has 4 heteroatoms. The summed E-state index contributed by atoms with van der Waals surface area (Å²) in [6.07, 6.45) is 1.04. The van der Waals surface area contributed by atoms with E-state index in [1.165, 1.54) is 5.56 Å². The molecule has 0 aromatic heterocycles. The molecule has 2 unspecified atom stereocenters. The molecule has 0 radical (unpaired) electrons. The fourth-order valence-electron chi connectivity index (χ4n) is 2.40. The highest BCUT2D eigenvalue weighted by Gasteiger charge is 2.17. The zero-order chi connectivity index (χ0) is 15.5. The van der Waals surface area contributed by atoms with E-state index in [9.17, 15) is 0 Å². The van der Waals surface area contributed by atoms with Crippen LogP contribution >= 0.6 is 0 Å². The van der Waals surface area contributed by atoms with E-state index < -0.39 is 0 Å². The van der Waals surface area contributed by atoms with Gasteiger partial charge in [0.25, 0.3) is 0 Å². The summed E-state index contributed by atoms with van der Waals surface area (Å²) in [6, 6.07) is 8.32. The first-order chi connectivity index (χ1) is 10.2. The van der Waals surface area contributed by atoms with Crippen LogP contribution in [0.5, 0.6) is 5.75 Å². The minimum Gasteiger partial charge on any atom is -0.497 e. The first kappa shape index (κ1) is 18.0. The molecule has 4 nitrogen and oxygen atoms in total. The lowest BCUT2D eigenvalue weighted by Crippen LogP contribution is -2.32. The van der Waals surface area contributed by atoms with Crippen molar-refractivity contribution < 1.29 is 14.2 Å². The van der Waals surface area contributed by atoms with E-state index in [-0.39, 0.29) is 0 Å². The Labute approximate surface area is 128 Å². The molecule has 0 aliphatic heterocycles. The molecule has 1 rings (SSSR count). The summed E-state index contributed by atoms with van der Waals surface area (Å²) >= 11 is 0. The SMILES string of the molecule is COCCNCC(Cc1ccc(OC)cc1)C(C)COC. The van der Waals surface area contributed by atoms with Crippen LogP contribution in [0.3, 0.4) is 0 Å². The summed E-state index contributed by atoms with van der Waals surface area (Å²) in [7, 11) is 5.18. The monoisotopic (exact) mass is 295 g/mol. The molecule has 0 fully saturated rings. The standard InChI is InChI=1S/C17H29NO3/c1-14(13-20-3)16(12-18-9-10-19-2)11-15-5-7-17(21-4)8-6-15/h5-8,14,16,18H,9-13H2,1-4H3. The van der Waals surface area contributed by atoms with Crippen molar-refractivity contribution in [3.63, 3.8) is 0 Å². The second-order valence-corrected chi connectivity index (χ2v) is 5.44. The molecule has 0 aliphatic carbocycles. The van der Waals surface area contributed by atoms with Gasteiger partial charge >= 0.3 is 0 Å². The van der Waals surface area contributed by atoms with Gasteiger partial charge in [0.2, 0.25) is 0 Å². The Morgan fingerprint density at radius 1 is 1.05 bits per heavy atom. The number of hydrogen-bond acceptors (Lipinski definition) is 4. The zero-order valence-electron chi connectivity index (χ0n) is 13.7. The summed E-state index contributed by atoms with van der Waals surface area (Å²) in [5.74, 6) is 1.95. The largest absolute Gasteiger partial charge is 0.497 e. The highest BCUT2D eigenvalue weighted by atomic mass is 16.5. The Balaban J connectivity index is 2.57. The first-order valence-corrected chi connectivity index (χ1v) is 7.52. The van der Waals surface area contributed by atoms with Crippen molar-refractivity contribution in [2.24, 2.45) is 11.8 Å². The van der Waals surface area contributed by atoms with Crippen LogP contribution in [0.4, 0.5) is 0 Å². The summed E-state index contributed by atoms with van der Waals surface area (Å²) in [4.78, 5) is 0. The van der Waals surface area contributed by atoms with Gasteiger partial charge in [-0.15, -0.1) is 0 Å². The molecule has 0 amide bonds. The van der Waals surface area contributed by atoms with Crippen LogP contribution in [0.1, 0.15) is 12.5 Å². The number of hydrogen-bond donors (Lipinski definition) is 1. The quantitative estimate of drug-likeness (QED) is 0.636. The molecule has 0 saturated heterocycles. The Hall–Kier alpha value is -1.10. The zero-order valence-corrected chi connectivity index (χ0v) is 13.7. The van der Waals surface area contributed by atoms with Gasteiger partial charge in [-0.25, -0.2) is 0 Å². The van der Waals surface area contributed by atoms with Gasteiger partial charge in [-0.1, -0.05) is 19.1 Å². The Morgan fingerprint density at radius 3 is 2.33 bits per heavy atom. The number of ether oxygens (including phenoxy) is 3. The van der Waals surface area contributed by atoms with Gasteiger partial charge in [0.1, 0.15) is 5.75 Å². The van der Waals surface area contributed by atoms with E-state index in [0.29, 0.717) is 11.8 Å². The Bertz CT molecular complexity index is 367. The van der Waals surface area contributed by atoms with Crippen molar-refractivity contribution in [3.05, 3.63) is 29.8 Å². The first-order valence-electron chi connectivity index (χ1n) is 7.52. The van der Waals surface area contributed by atoms with Crippen molar-refractivity contribution in [1.82, 2.24) is 5.32 Å². The lowest BCUT2D eigenvalue weighted by molar-refractivity contribution is 0.126. The van der Waals surface area contributed by atoms with Crippen LogP contribution in [0.25, 0.3) is 0 Å². The molecular weight excluding hydrogens is 266 g/mol. The maximum atomic E-state index is 5.31. The van der Waals surface area contributed by atoms with E-state index in [0.717, 1.165) is 38.5 Å². The average Bonchev–Trinajstić information content (AvgIpc) is 2.51. The molecule has 1 aromatic rings. The lowest BCUT2D eigenvalue weighted by Gasteiger charge is -2.24. The van der Waals surface area contributed by atoms with Gasteiger partial charge in [0.15, 0.2) is 0 Å². The number of nitrogens with one attached hydrogen (secondary N) is 1. The van der Waals surface area contributed by atoms with E-state index in [4.69, 9.17) is 14.2 Å². The average molecular weight is 295 g/mol. The topological polar surface area (TPSA) is 39.7 Å². The van der Waals surface area contributed by atoms with E-state index >= 15 is 0 Å². The van der Waals surface area contributed by atoms with Crippen molar-refractivity contribution in [2.75, 3.05) is 47.6 Å². The molecule has 2 atom stereocenters. The normalized spacial score (nSPS) is 13.9. The molecule has 120 valence electrons. The molecular formula is C17H29NO3. The van der Waals surface area contributed by atoms with Gasteiger partial charge in [-0.05, 0) is 42.5 Å². The molecule has 0 saturated carbocycles. The third kappa shape index (κ3) is 6.93. The Morgan fingerprint density at radius 2 is 1.76 bits per heavy atom. The maximum Gasteiger partial charge on any atom is 0.118 e. The van der Waals surface area contributed by atoms with Gasteiger partial charge in [0, 0.05) is 27.4 Å². The smallest absolute Gasteiger partial charge is 0.118 e. The van der Waals surface area contributed by atoms with Gasteiger partial charge in [-0.2, -0.15) is 0 Å². The number of benzene rings is 1. The summed E-state index contributed by atoms with van der Waals surface area (Å²) in [5.41, 5.74) is 1.33.